The number of carbonyl (C=O) groups excluding carboxylic acids is 4. The zero-order valence-electron chi connectivity index (χ0n) is 33.7. The van der Waals surface area contributed by atoms with E-state index in [0.29, 0.717) is 51.4 Å². The van der Waals surface area contributed by atoms with Crippen molar-refractivity contribution in [2.24, 2.45) is 17.6 Å². The number of fused-ring (bicyclic) bond motifs is 1. The Morgan fingerprint density at radius 3 is 2.06 bits per heavy atom. The largest absolute Gasteiger partial charge is 0.465 e. The number of rotatable bonds is 19. The number of Topliss-reactive ketones (excluding diaryl/α,β-unsaturated/α-hetero) is 1. The van der Waals surface area contributed by atoms with Crippen molar-refractivity contribution < 1.29 is 23.9 Å². The molecule has 3 aromatic carbocycles. The summed E-state index contributed by atoms with van der Waals surface area (Å²) in [6.07, 6.45) is 11.8. The van der Waals surface area contributed by atoms with Crippen LogP contribution in [0.1, 0.15) is 112 Å². The summed E-state index contributed by atoms with van der Waals surface area (Å²) < 4.78 is 5.58. The highest BCUT2D eigenvalue weighted by Gasteiger charge is 2.28. The van der Waals surface area contributed by atoms with Crippen LogP contribution in [0.5, 0.6) is 0 Å². The van der Waals surface area contributed by atoms with Gasteiger partial charge in [-0.25, -0.2) is 0 Å². The van der Waals surface area contributed by atoms with E-state index < -0.39 is 5.92 Å². The summed E-state index contributed by atoms with van der Waals surface area (Å²) in [5.74, 6) is -0.765. The number of ketones is 1. The fourth-order valence-electron chi connectivity index (χ4n) is 5.94. The number of hydrogen-bond donors (Lipinski definition) is 2. The third-order valence-corrected chi connectivity index (χ3v) is 9.35. The van der Waals surface area contributed by atoms with E-state index >= 15 is 0 Å². The molecule has 3 aromatic rings. The fourth-order valence-corrected chi connectivity index (χ4v) is 5.94. The number of esters is 1. The quantitative estimate of drug-likeness (QED) is 0.0724. The van der Waals surface area contributed by atoms with Gasteiger partial charge in [0.25, 0.3) is 5.91 Å². The van der Waals surface area contributed by atoms with E-state index in [0.717, 1.165) is 55.2 Å². The van der Waals surface area contributed by atoms with Crippen LogP contribution in [0.4, 0.5) is 0 Å². The normalized spacial score (nSPS) is 13.5. The molecule has 54 heavy (non-hydrogen) atoms. The lowest BCUT2D eigenvalue weighted by molar-refractivity contribution is -0.149. The van der Waals surface area contributed by atoms with Gasteiger partial charge in [0.2, 0.25) is 5.91 Å². The number of allylic oxidation sites excluding steroid dienone is 1. The highest BCUT2D eigenvalue weighted by atomic mass is 16.5. The molecule has 1 heterocycles. The zero-order valence-corrected chi connectivity index (χ0v) is 33.7. The highest BCUT2D eigenvalue weighted by Crippen LogP contribution is 2.25. The van der Waals surface area contributed by atoms with Gasteiger partial charge in [-0.1, -0.05) is 119 Å². The van der Waals surface area contributed by atoms with Crippen LogP contribution in [-0.4, -0.2) is 54.7 Å². The van der Waals surface area contributed by atoms with Crippen LogP contribution >= 0.6 is 0 Å². The number of unbranched alkanes of at least 4 members (excludes halogenated alkanes) is 1. The molecule has 0 aliphatic carbocycles. The first-order valence-electron chi connectivity index (χ1n) is 19.8. The average Bonchev–Trinajstić information content (AvgIpc) is 3.49. The molecule has 0 bridgehead atoms. The number of carbonyl (C=O) groups is 4. The number of ether oxygens (including phenoxy) is 1. The number of benzene rings is 3. The molecule has 4 rings (SSSR count). The summed E-state index contributed by atoms with van der Waals surface area (Å²) in [5, 5.41) is 2.79. The van der Waals surface area contributed by atoms with Crippen molar-refractivity contribution in [1.82, 2.24) is 10.2 Å². The van der Waals surface area contributed by atoms with Gasteiger partial charge in [-0.2, -0.15) is 0 Å². The van der Waals surface area contributed by atoms with Crippen molar-refractivity contribution in [2.75, 3.05) is 20.2 Å². The Bertz CT molecular complexity index is 1570. The number of amides is 2. The van der Waals surface area contributed by atoms with Gasteiger partial charge in [-0.15, -0.1) is 0 Å². The van der Waals surface area contributed by atoms with Gasteiger partial charge in [-0.05, 0) is 87.1 Å². The van der Waals surface area contributed by atoms with Crippen molar-refractivity contribution in [2.45, 2.75) is 111 Å². The first kappa shape index (κ1) is 45.6. The van der Waals surface area contributed by atoms with E-state index in [1.54, 1.807) is 18.9 Å². The van der Waals surface area contributed by atoms with Gasteiger partial charge in [-0.3, -0.25) is 19.2 Å². The molecule has 294 valence electrons. The summed E-state index contributed by atoms with van der Waals surface area (Å²) in [6.45, 7) is 11.4. The van der Waals surface area contributed by atoms with Crippen LogP contribution < -0.4 is 11.1 Å². The summed E-state index contributed by atoms with van der Waals surface area (Å²) in [7, 11) is 1.65. The van der Waals surface area contributed by atoms with Crippen LogP contribution in [0.25, 0.3) is 0 Å². The van der Waals surface area contributed by atoms with E-state index in [-0.39, 0.29) is 29.5 Å². The lowest BCUT2D eigenvalue weighted by Crippen LogP contribution is -2.31. The number of aryl methyl sites for hydroxylation is 2. The van der Waals surface area contributed by atoms with E-state index in [4.69, 9.17) is 10.5 Å². The predicted octanol–water partition coefficient (Wildman–Crippen LogP) is 8.45. The Kier molecular flexibility index (Phi) is 22.2. The minimum Gasteiger partial charge on any atom is -0.465 e. The predicted molar refractivity (Wildman–Crippen MR) is 220 cm³/mol. The van der Waals surface area contributed by atoms with Gasteiger partial charge in [0, 0.05) is 44.1 Å². The van der Waals surface area contributed by atoms with E-state index in [1.807, 2.05) is 73.7 Å². The smallest absolute Gasteiger partial charge is 0.309 e. The standard InChI is InChI=1S/C33H44N2O4.C9H10O.C4H11N/c1-4-6-22-39-33(38)28(12-9-10-21-35-24-29-13-7-8-14-30(29)32(35)37)23-27(31(36)34-3)20-19-26-17-15-25(11-5-2)16-18-26;1-8(10)7-9-5-3-2-4-6-9;1-3-4(2)5/h7-10,13-18,27-28H,4-6,11-12,19-24H2,1-3H3,(H,34,36);2-6H,7H2,1H3;4H,3,5H2,1-2H3/b10-9+;;/t27-,28?;;/m1../s1. The van der Waals surface area contributed by atoms with Gasteiger partial charge in [0.15, 0.2) is 0 Å². The highest BCUT2D eigenvalue weighted by molar-refractivity contribution is 5.98. The van der Waals surface area contributed by atoms with Gasteiger partial charge in [0.05, 0.1) is 12.5 Å². The number of nitrogens with one attached hydrogen (secondary N) is 1. The Morgan fingerprint density at radius 1 is 0.852 bits per heavy atom. The topological polar surface area (TPSA) is 119 Å². The molecule has 0 saturated carbocycles. The molecule has 8 heteroatoms. The molecule has 3 atom stereocenters. The number of nitrogens with two attached hydrogens (primary N) is 1. The molecule has 3 N–H and O–H groups in total. The molecule has 2 amide bonds. The molecule has 1 aliphatic rings. The monoisotopic (exact) mass is 739 g/mol. The van der Waals surface area contributed by atoms with Crippen LogP contribution in [0.3, 0.4) is 0 Å². The molecule has 0 fully saturated rings. The second kappa shape index (κ2) is 26.3. The molecule has 0 saturated heterocycles. The van der Waals surface area contributed by atoms with Gasteiger partial charge >= 0.3 is 5.97 Å². The van der Waals surface area contributed by atoms with E-state index in [1.165, 1.54) is 11.1 Å². The maximum Gasteiger partial charge on any atom is 0.309 e. The average molecular weight is 740 g/mol. The maximum atomic E-state index is 13.0. The Hall–Kier alpha value is -4.56. The fraction of sp³-hybridized carbons (Fsp3) is 0.478. The summed E-state index contributed by atoms with van der Waals surface area (Å²) in [4.78, 5) is 50.9. The third kappa shape index (κ3) is 17.5. The van der Waals surface area contributed by atoms with Crippen molar-refractivity contribution in [3.8, 4) is 0 Å². The van der Waals surface area contributed by atoms with Crippen molar-refractivity contribution >= 4 is 23.6 Å². The van der Waals surface area contributed by atoms with Crippen molar-refractivity contribution in [3.63, 3.8) is 0 Å². The van der Waals surface area contributed by atoms with Crippen LogP contribution in [0.2, 0.25) is 0 Å². The zero-order chi connectivity index (χ0) is 39.7. The van der Waals surface area contributed by atoms with Gasteiger partial charge in [0.1, 0.15) is 5.78 Å². The first-order chi connectivity index (χ1) is 26.0. The Labute approximate surface area is 324 Å². The number of nitrogens with zero attached hydrogens (tertiary/aromatic N) is 1. The van der Waals surface area contributed by atoms with Gasteiger partial charge < -0.3 is 20.7 Å². The van der Waals surface area contributed by atoms with E-state index in [9.17, 15) is 19.2 Å². The summed E-state index contributed by atoms with van der Waals surface area (Å²) in [6, 6.07) is 26.4. The molecule has 1 aliphatic heterocycles. The summed E-state index contributed by atoms with van der Waals surface area (Å²) >= 11 is 0. The third-order valence-electron chi connectivity index (χ3n) is 9.35. The molecule has 0 spiro atoms. The Morgan fingerprint density at radius 2 is 1.48 bits per heavy atom. The molecule has 0 radical (unpaired) electrons. The van der Waals surface area contributed by atoms with Crippen LogP contribution in [0, 0.1) is 11.8 Å². The molecule has 0 aromatic heterocycles. The summed E-state index contributed by atoms with van der Waals surface area (Å²) in [5.41, 5.74) is 10.7. The van der Waals surface area contributed by atoms with E-state index in [2.05, 4.69) is 50.4 Å². The maximum absolute atomic E-state index is 13.0. The molecule has 8 nitrogen and oxygen atoms in total. The lowest BCUT2D eigenvalue weighted by atomic mass is 9.87. The first-order valence-corrected chi connectivity index (χ1v) is 19.8. The SMILES string of the molecule is CC(=O)Cc1ccccc1.CCC(C)N.CCCCOC(=O)C(C/C=C/CN1Cc2ccccc2C1=O)C[C@@H](CCc1ccc(CCC)cc1)C(=O)NC. The second-order valence-electron chi connectivity index (χ2n) is 14.2. The van der Waals surface area contributed by atoms with Crippen molar-refractivity contribution in [1.29, 1.82) is 0 Å². The van der Waals surface area contributed by atoms with Crippen LogP contribution in [-0.2, 0) is 44.9 Å². The van der Waals surface area contributed by atoms with Crippen LogP contribution in [0.15, 0.2) is 91.0 Å². The number of hydrogen-bond acceptors (Lipinski definition) is 6. The Balaban J connectivity index is 0.000000558. The molecular formula is C46H65N3O5. The van der Waals surface area contributed by atoms with Crippen molar-refractivity contribution in [3.05, 3.63) is 119 Å². The molecular weight excluding hydrogens is 675 g/mol. The second-order valence-corrected chi connectivity index (χ2v) is 14.2. The lowest BCUT2D eigenvalue weighted by Gasteiger charge is -2.21. The molecule has 2 unspecified atom stereocenters. The minimum atomic E-state index is -0.418. The minimum absolute atomic E-state index is 0.0354.